The van der Waals surface area contributed by atoms with Gasteiger partial charge in [-0.2, -0.15) is 0 Å². The van der Waals surface area contributed by atoms with Gasteiger partial charge in [-0.15, -0.1) is 24.0 Å². The zero-order valence-electron chi connectivity index (χ0n) is 19.2. The van der Waals surface area contributed by atoms with E-state index in [1.165, 1.54) is 4.90 Å². The minimum absolute atomic E-state index is 0. The van der Waals surface area contributed by atoms with Gasteiger partial charge in [0.2, 0.25) is 0 Å². The lowest BCUT2D eigenvalue weighted by Crippen LogP contribution is -2.42. The highest BCUT2D eigenvalue weighted by atomic mass is 127. The van der Waals surface area contributed by atoms with Gasteiger partial charge in [0, 0.05) is 26.2 Å². The largest absolute Gasteiger partial charge is 0.497 e. The Kier molecular flexibility index (Phi) is 10.4. The molecule has 0 fully saturated rings. The number of nitrogens with one attached hydrogen (secondary N) is 2. The number of fused-ring (bicyclic) bond motifs is 1. The molecule has 0 aromatic heterocycles. The van der Waals surface area contributed by atoms with Crippen LogP contribution in [0.5, 0.6) is 11.5 Å². The van der Waals surface area contributed by atoms with E-state index in [2.05, 4.69) is 15.6 Å². The van der Waals surface area contributed by atoms with Crippen molar-refractivity contribution in [3.8, 4) is 11.5 Å². The van der Waals surface area contributed by atoms with Gasteiger partial charge >= 0.3 is 0 Å². The summed E-state index contributed by atoms with van der Waals surface area (Å²) in [5, 5.41) is 6.49. The number of halogens is 1. The van der Waals surface area contributed by atoms with Gasteiger partial charge in [0.15, 0.2) is 5.96 Å². The Morgan fingerprint density at radius 2 is 1.67 bits per heavy atom. The number of aliphatic imine (C=N–C) groups is 1. The van der Waals surface area contributed by atoms with Crippen LogP contribution in [0.15, 0.2) is 53.5 Å². The molecular weight excluding hydrogens is 535 g/mol. The minimum atomic E-state index is -0.207. The number of amides is 2. The number of carbonyl (C=O) groups is 2. The van der Waals surface area contributed by atoms with Crippen LogP contribution in [0.2, 0.25) is 0 Å². The second-order valence-corrected chi connectivity index (χ2v) is 7.50. The molecule has 0 saturated carbocycles. The molecule has 0 saturated heterocycles. The fraction of sp³-hybridized carbons (Fsp3) is 0.375. The molecule has 8 nitrogen and oxygen atoms in total. The first-order chi connectivity index (χ1) is 15.5. The molecule has 0 aliphatic carbocycles. The number of hydrogen-bond acceptors (Lipinski definition) is 5. The Morgan fingerprint density at radius 1 is 1.00 bits per heavy atom. The topological polar surface area (TPSA) is 92.3 Å². The van der Waals surface area contributed by atoms with Crippen LogP contribution in [0.4, 0.5) is 0 Å². The van der Waals surface area contributed by atoms with Crippen molar-refractivity contribution in [2.45, 2.75) is 25.9 Å². The van der Waals surface area contributed by atoms with Gasteiger partial charge in [-0.1, -0.05) is 18.2 Å². The van der Waals surface area contributed by atoms with Crippen molar-refractivity contribution >= 4 is 41.8 Å². The fourth-order valence-corrected chi connectivity index (χ4v) is 3.45. The van der Waals surface area contributed by atoms with Crippen molar-refractivity contribution < 1.29 is 19.1 Å². The van der Waals surface area contributed by atoms with Gasteiger partial charge in [0.05, 0.1) is 24.8 Å². The molecule has 2 aromatic rings. The first-order valence-electron chi connectivity index (χ1n) is 10.7. The van der Waals surface area contributed by atoms with E-state index >= 15 is 0 Å². The monoisotopic (exact) mass is 566 g/mol. The molecule has 178 valence electrons. The summed E-state index contributed by atoms with van der Waals surface area (Å²) in [5.74, 6) is 1.75. The molecule has 3 rings (SSSR count). The third-order valence-electron chi connectivity index (χ3n) is 5.14. The fourth-order valence-electron chi connectivity index (χ4n) is 3.45. The third-order valence-corrected chi connectivity index (χ3v) is 5.14. The second kappa shape index (κ2) is 13.0. The van der Waals surface area contributed by atoms with Crippen molar-refractivity contribution in [1.82, 2.24) is 15.5 Å². The molecule has 33 heavy (non-hydrogen) atoms. The van der Waals surface area contributed by atoms with Gasteiger partial charge in [-0.25, -0.2) is 0 Å². The van der Waals surface area contributed by atoms with E-state index in [0.29, 0.717) is 43.1 Å². The van der Waals surface area contributed by atoms with E-state index in [-0.39, 0.29) is 41.9 Å². The van der Waals surface area contributed by atoms with Gasteiger partial charge in [-0.05, 0) is 44.0 Å². The predicted molar refractivity (Wildman–Crippen MR) is 139 cm³/mol. The Labute approximate surface area is 211 Å². The second-order valence-electron chi connectivity index (χ2n) is 7.50. The lowest BCUT2D eigenvalue weighted by Gasteiger charge is -2.18. The maximum atomic E-state index is 12.4. The summed E-state index contributed by atoms with van der Waals surface area (Å²) < 4.78 is 11.1. The number of unbranched alkanes of at least 4 members (excludes halogenated alkanes) is 1. The average molecular weight is 566 g/mol. The van der Waals surface area contributed by atoms with Crippen LogP contribution in [0.25, 0.3) is 0 Å². The number of methoxy groups -OCH3 is 1. The van der Waals surface area contributed by atoms with Gasteiger partial charge in [0.25, 0.3) is 11.8 Å². The van der Waals surface area contributed by atoms with Crippen molar-refractivity contribution in [2.24, 2.45) is 4.99 Å². The lowest BCUT2D eigenvalue weighted by molar-refractivity contribution is 0.0652. The number of ether oxygens (including phenoxy) is 2. The molecule has 2 N–H and O–H groups in total. The summed E-state index contributed by atoms with van der Waals surface area (Å²) in [5.41, 5.74) is 0.982. The lowest BCUT2D eigenvalue weighted by atomic mass is 10.1. The number of rotatable bonds is 10. The third kappa shape index (κ3) is 7.08. The SMILES string of the molecule is CN=C(NCCCCN1C(=O)c2ccccc2C1=O)NCC(C)Oc1cccc(OC)c1.I. The molecular formula is C24H31IN4O4. The Bertz CT molecular complexity index is 947. The van der Waals surface area contributed by atoms with Crippen LogP contribution in [0.1, 0.15) is 40.5 Å². The Balaban J connectivity index is 0.00000385. The van der Waals surface area contributed by atoms with Gasteiger partial charge in [0.1, 0.15) is 17.6 Å². The Hall–Kier alpha value is -2.82. The summed E-state index contributed by atoms with van der Waals surface area (Å²) in [4.78, 5) is 30.3. The highest BCUT2D eigenvalue weighted by Crippen LogP contribution is 2.22. The van der Waals surface area contributed by atoms with Crippen molar-refractivity contribution in [3.63, 3.8) is 0 Å². The van der Waals surface area contributed by atoms with Crippen LogP contribution in [-0.2, 0) is 0 Å². The Morgan fingerprint density at radius 3 is 2.30 bits per heavy atom. The first kappa shape index (κ1) is 26.4. The highest BCUT2D eigenvalue weighted by Gasteiger charge is 2.34. The summed E-state index contributed by atoms with van der Waals surface area (Å²) in [6, 6.07) is 14.4. The van der Waals surface area contributed by atoms with Crippen molar-refractivity contribution in [3.05, 3.63) is 59.7 Å². The summed E-state index contributed by atoms with van der Waals surface area (Å²) >= 11 is 0. The summed E-state index contributed by atoms with van der Waals surface area (Å²) in [6.07, 6.45) is 1.43. The number of carbonyl (C=O) groups excluding carboxylic acids is 2. The summed E-state index contributed by atoms with van der Waals surface area (Å²) in [6.45, 7) is 3.63. The highest BCUT2D eigenvalue weighted by molar-refractivity contribution is 14.0. The van der Waals surface area contributed by atoms with E-state index in [0.717, 1.165) is 17.9 Å². The zero-order chi connectivity index (χ0) is 22.9. The molecule has 2 aromatic carbocycles. The van der Waals surface area contributed by atoms with Crippen LogP contribution in [0, 0.1) is 0 Å². The van der Waals surface area contributed by atoms with Crippen molar-refractivity contribution in [2.75, 3.05) is 33.8 Å². The quantitative estimate of drug-likeness (QED) is 0.151. The van der Waals surface area contributed by atoms with Crippen LogP contribution < -0.4 is 20.1 Å². The number of hydrogen-bond donors (Lipinski definition) is 2. The normalized spacial score (nSPS) is 13.8. The van der Waals surface area contributed by atoms with E-state index in [4.69, 9.17) is 9.47 Å². The molecule has 2 amide bonds. The van der Waals surface area contributed by atoms with Gasteiger partial charge < -0.3 is 20.1 Å². The van der Waals surface area contributed by atoms with E-state index in [9.17, 15) is 9.59 Å². The molecule has 1 aliphatic heterocycles. The molecule has 9 heteroatoms. The number of guanidine groups is 1. The van der Waals surface area contributed by atoms with E-state index < -0.39 is 0 Å². The van der Waals surface area contributed by atoms with E-state index in [1.807, 2.05) is 31.2 Å². The van der Waals surface area contributed by atoms with Crippen LogP contribution >= 0.6 is 24.0 Å². The molecule has 1 aliphatic rings. The molecule has 0 radical (unpaired) electrons. The maximum Gasteiger partial charge on any atom is 0.261 e. The maximum absolute atomic E-state index is 12.4. The van der Waals surface area contributed by atoms with Crippen LogP contribution in [-0.4, -0.2) is 62.6 Å². The first-order valence-corrected chi connectivity index (χ1v) is 10.7. The molecule has 1 atom stereocenters. The average Bonchev–Trinajstić information content (AvgIpc) is 3.05. The molecule has 1 heterocycles. The van der Waals surface area contributed by atoms with Gasteiger partial charge in [-0.3, -0.25) is 19.5 Å². The number of benzene rings is 2. The molecule has 0 bridgehead atoms. The zero-order valence-corrected chi connectivity index (χ0v) is 21.5. The molecule has 0 spiro atoms. The molecule has 1 unspecified atom stereocenters. The summed E-state index contributed by atoms with van der Waals surface area (Å²) in [7, 11) is 3.33. The number of imide groups is 1. The minimum Gasteiger partial charge on any atom is -0.497 e. The smallest absolute Gasteiger partial charge is 0.261 e. The standard InChI is InChI=1S/C24H30N4O4.HI/c1-17(32-19-10-8-9-18(15-19)31-3)16-27-24(25-2)26-13-6-7-14-28-22(29)20-11-4-5-12-21(20)23(28)30;/h4-5,8-12,15,17H,6-7,13-14,16H2,1-3H3,(H2,25,26,27);1H. The van der Waals surface area contributed by atoms with Crippen molar-refractivity contribution in [1.29, 1.82) is 0 Å². The van der Waals surface area contributed by atoms with Crippen LogP contribution in [0.3, 0.4) is 0 Å². The predicted octanol–water partition coefficient (Wildman–Crippen LogP) is 3.32. The van der Waals surface area contributed by atoms with E-state index in [1.54, 1.807) is 38.4 Å². The number of nitrogens with zero attached hydrogens (tertiary/aromatic N) is 2.